The normalized spacial score (nSPS) is 14.8. The lowest BCUT2D eigenvalue weighted by molar-refractivity contribution is -0.137. The summed E-state index contributed by atoms with van der Waals surface area (Å²) in [6, 6.07) is 11.6. The number of piperazine rings is 1. The molecule has 2 amide bonds. The van der Waals surface area contributed by atoms with Gasteiger partial charge in [0.2, 0.25) is 5.91 Å². The molecule has 1 aliphatic rings. The molecule has 30 heavy (non-hydrogen) atoms. The molecule has 0 unspecified atom stereocenters. The fourth-order valence-electron chi connectivity index (χ4n) is 3.14. The quantitative estimate of drug-likeness (QED) is 0.712. The van der Waals surface area contributed by atoms with Gasteiger partial charge in [0.25, 0.3) is 5.91 Å². The van der Waals surface area contributed by atoms with E-state index in [0.29, 0.717) is 43.1 Å². The Morgan fingerprint density at radius 1 is 0.967 bits per heavy atom. The Hall–Kier alpha value is -3.29. The first kappa shape index (κ1) is 21.4. The van der Waals surface area contributed by atoms with Crippen molar-refractivity contribution in [1.82, 2.24) is 9.80 Å². The number of amides is 2. The number of halogens is 3. The van der Waals surface area contributed by atoms with Gasteiger partial charge in [-0.15, -0.1) is 0 Å². The topological polar surface area (TPSA) is 49.9 Å². The summed E-state index contributed by atoms with van der Waals surface area (Å²) in [7, 11) is 1.55. The molecule has 1 saturated heterocycles. The van der Waals surface area contributed by atoms with Gasteiger partial charge in [-0.25, -0.2) is 0 Å². The zero-order valence-electron chi connectivity index (χ0n) is 16.4. The Bertz CT molecular complexity index is 931. The minimum absolute atomic E-state index is 0.121. The number of benzene rings is 2. The summed E-state index contributed by atoms with van der Waals surface area (Å²) in [5, 5.41) is 0. The Morgan fingerprint density at radius 2 is 1.60 bits per heavy atom. The number of hydrogen-bond donors (Lipinski definition) is 0. The summed E-state index contributed by atoms with van der Waals surface area (Å²) in [5.74, 6) is 0.239. The van der Waals surface area contributed by atoms with Crippen LogP contribution in [0.25, 0.3) is 6.08 Å². The third kappa shape index (κ3) is 5.20. The molecule has 8 heteroatoms. The van der Waals surface area contributed by atoms with Gasteiger partial charge in [0, 0.05) is 37.8 Å². The number of ether oxygens (including phenoxy) is 1. The van der Waals surface area contributed by atoms with E-state index < -0.39 is 11.7 Å². The van der Waals surface area contributed by atoms with E-state index >= 15 is 0 Å². The molecule has 2 aromatic rings. The maximum Gasteiger partial charge on any atom is 0.416 e. The number of hydrogen-bond acceptors (Lipinski definition) is 3. The Kier molecular flexibility index (Phi) is 6.44. The summed E-state index contributed by atoms with van der Waals surface area (Å²) in [4.78, 5) is 28.2. The van der Waals surface area contributed by atoms with E-state index in [1.807, 2.05) is 0 Å². The van der Waals surface area contributed by atoms with Crippen LogP contribution in [0.15, 0.2) is 54.6 Å². The number of methoxy groups -OCH3 is 1. The van der Waals surface area contributed by atoms with Gasteiger partial charge in [0.15, 0.2) is 0 Å². The first-order chi connectivity index (χ1) is 14.3. The lowest BCUT2D eigenvalue weighted by Gasteiger charge is -2.34. The highest BCUT2D eigenvalue weighted by Crippen LogP contribution is 2.29. The molecule has 0 spiro atoms. The minimum Gasteiger partial charge on any atom is -0.497 e. The first-order valence-corrected chi connectivity index (χ1v) is 9.35. The maximum absolute atomic E-state index is 12.8. The number of nitrogens with zero attached hydrogens (tertiary/aromatic N) is 2. The maximum atomic E-state index is 12.8. The fraction of sp³-hybridized carbons (Fsp3) is 0.273. The van der Waals surface area contributed by atoms with E-state index in [1.165, 1.54) is 24.3 Å². The molecular weight excluding hydrogens is 397 g/mol. The van der Waals surface area contributed by atoms with Crippen molar-refractivity contribution >= 4 is 17.9 Å². The van der Waals surface area contributed by atoms with Gasteiger partial charge in [-0.2, -0.15) is 13.2 Å². The molecule has 0 atom stereocenters. The van der Waals surface area contributed by atoms with Crippen LogP contribution in [-0.4, -0.2) is 54.9 Å². The van der Waals surface area contributed by atoms with Crippen LogP contribution >= 0.6 is 0 Å². The molecule has 1 fully saturated rings. The van der Waals surface area contributed by atoms with Gasteiger partial charge < -0.3 is 14.5 Å². The molecule has 0 bridgehead atoms. The molecule has 0 radical (unpaired) electrons. The van der Waals surface area contributed by atoms with Gasteiger partial charge in [-0.05, 0) is 48.0 Å². The SMILES string of the molecule is COc1ccc(C(=O)N2CCN(C(=O)/C=C/c3cccc(C(F)(F)F)c3)CC2)cc1. The van der Waals surface area contributed by atoms with E-state index in [2.05, 4.69) is 0 Å². The van der Waals surface area contributed by atoms with E-state index in [9.17, 15) is 22.8 Å². The number of carbonyl (C=O) groups is 2. The van der Waals surface area contributed by atoms with E-state index in [4.69, 9.17) is 4.74 Å². The average Bonchev–Trinajstić information content (AvgIpc) is 2.77. The lowest BCUT2D eigenvalue weighted by Crippen LogP contribution is -2.50. The number of alkyl halides is 3. The zero-order chi connectivity index (χ0) is 21.7. The second-order valence-electron chi connectivity index (χ2n) is 6.80. The largest absolute Gasteiger partial charge is 0.497 e. The van der Waals surface area contributed by atoms with Crippen molar-refractivity contribution in [2.45, 2.75) is 6.18 Å². The van der Waals surface area contributed by atoms with Crippen molar-refractivity contribution in [3.63, 3.8) is 0 Å². The molecule has 0 saturated carbocycles. The molecule has 1 aliphatic heterocycles. The van der Waals surface area contributed by atoms with Crippen LogP contribution in [0.5, 0.6) is 5.75 Å². The lowest BCUT2D eigenvalue weighted by atomic mass is 10.1. The summed E-state index contributed by atoms with van der Waals surface area (Å²) < 4.78 is 43.4. The first-order valence-electron chi connectivity index (χ1n) is 9.35. The summed E-state index contributed by atoms with van der Waals surface area (Å²) in [6.07, 6.45) is -1.80. The van der Waals surface area contributed by atoms with Crippen molar-refractivity contribution in [3.8, 4) is 5.75 Å². The third-order valence-corrected chi connectivity index (χ3v) is 4.85. The second-order valence-corrected chi connectivity index (χ2v) is 6.80. The molecule has 3 rings (SSSR count). The standard InChI is InChI=1S/C22H21F3N2O3/c1-30-19-8-6-17(7-9-19)21(29)27-13-11-26(12-14-27)20(28)10-5-16-3-2-4-18(15-16)22(23,24)25/h2-10,15H,11-14H2,1H3/b10-5+. The zero-order valence-corrected chi connectivity index (χ0v) is 16.4. The Labute approximate surface area is 172 Å². The highest BCUT2D eigenvalue weighted by molar-refractivity contribution is 5.95. The number of rotatable bonds is 4. The second kappa shape index (κ2) is 9.02. The molecular formula is C22H21F3N2O3. The van der Waals surface area contributed by atoms with Crippen LogP contribution in [0.3, 0.4) is 0 Å². The molecule has 158 valence electrons. The smallest absolute Gasteiger partial charge is 0.416 e. The summed E-state index contributed by atoms with van der Waals surface area (Å²) >= 11 is 0. The molecule has 2 aromatic carbocycles. The Balaban J connectivity index is 1.56. The highest BCUT2D eigenvalue weighted by Gasteiger charge is 2.30. The summed E-state index contributed by atoms with van der Waals surface area (Å²) in [6.45, 7) is 1.48. The van der Waals surface area contributed by atoms with Crippen LogP contribution in [0.2, 0.25) is 0 Å². The van der Waals surface area contributed by atoms with Gasteiger partial charge in [0.05, 0.1) is 12.7 Å². The molecule has 1 heterocycles. The van der Waals surface area contributed by atoms with Crippen molar-refractivity contribution in [1.29, 1.82) is 0 Å². The molecule has 0 N–H and O–H groups in total. The van der Waals surface area contributed by atoms with Crippen molar-refractivity contribution in [2.24, 2.45) is 0 Å². The Morgan fingerprint density at radius 3 is 2.20 bits per heavy atom. The predicted molar refractivity (Wildman–Crippen MR) is 106 cm³/mol. The van der Waals surface area contributed by atoms with Gasteiger partial charge in [-0.3, -0.25) is 9.59 Å². The molecule has 5 nitrogen and oxygen atoms in total. The van der Waals surface area contributed by atoms with Crippen LogP contribution in [0, 0.1) is 0 Å². The van der Waals surface area contributed by atoms with E-state index in [1.54, 1.807) is 41.2 Å². The van der Waals surface area contributed by atoms with E-state index in [0.717, 1.165) is 12.1 Å². The average molecular weight is 418 g/mol. The monoisotopic (exact) mass is 418 g/mol. The van der Waals surface area contributed by atoms with Gasteiger partial charge >= 0.3 is 6.18 Å². The number of carbonyl (C=O) groups excluding carboxylic acids is 2. The third-order valence-electron chi connectivity index (χ3n) is 4.85. The highest BCUT2D eigenvalue weighted by atomic mass is 19.4. The van der Waals surface area contributed by atoms with Crippen LogP contribution in [-0.2, 0) is 11.0 Å². The van der Waals surface area contributed by atoms with Crippen molar-refractivity contribution in [3.05, 3.63) is 71.3 Å². The van der Waals surface area contributed by atoms with Crippen molar-refractivity contribution < 1.29 is 27.5 Å². The van der Waals surface area contributed by atoms with Crippen LogP contribution in [0.1, 0.15) is 21.5 Å². The predicted octanol–water partition coefficient (Wildman–Crippen LogP) is 3.71. The molecule has 0 aliphatic carbocycles. The minimum atomic E-state index is -4.43. The van der Waals surface area contributed by atoms with Gasteiger partial charge in [-0.1, -0.05) is 12.1 Å². The van der Waals surface area contributed by atoms with Gasteiger partial charge in [0.1, 0.15) is 5.75 Å². The van der Waals surface area contributed by atoms with E-state index in [-0.39, 0.29) is 11.8 Å². The van der Waals surface area contributed by atoms with Crippen molar-refractivity contribution in [2.75, 3.05) is 33.3 Å². The van der Waals surface area contributed by atoms with Crippen LogP contribution in [0.4, 0.5) is 13.2 Å². The molecule has 0 aromatic heterocycles. The summed E-state index contributed by atoms with van der Waals surface area (Å²) in [5.41, 5.74) is 0.0780. The fourth-order valence-corrected chi connectivity index (χ4v) is 3.14. The van der Waals surface area contributed by atoms with Crippen LogP contribution < -0.4 is 4.74 Å².